The minimum atomic E-state index is -0.420. The van der Waals surface area contributed by atoms with Crippen LogP contribution in [0.5, 0.6) is 5.75 Å². The van der Waals surface area contributed by atoms with Crippen LogP contribution in [0.25, 0.3) is 0 Å². The van der Waals surface area contributed by atoms with Gasteiger partial charge in [0.25, 0.3) is 5.91 Å². The number of rotatable bonds is 8. The number of ether oxygens (including phenoxy) is 2. The Labute approximate surface area is 194 Å². The second-order valence-electron chi connectivity index (χ2n) is 7.05. The van der Waals surface area contributed by atoms with Crippen molar-refractivity contribution in [1.82, 2.24) is 9.78 Å². The number of anilines is 1. The number of hydrogen-bond acceptors (Lipinski definition) is 6. The number of nitrogens with zero attached hydrogens (tertiary/aromatic N) is 2. The number of halogens is 1. The lowest BCUT2D eigenvalue weighted by Gasteiger charge is -2.05. The molecule has 2 aromatic carbocycles. The average Bonchev–Trinajstić information content (AvgIpc) is 3.47. The molecule has 1 amide bonds. The van der Waals surface area contributed by atoms with Crippen molar-refractivity contribution in [3.63, 3.8) is 0 Å². The van der Waals surface area contributed by atoms with Crippen molar-refractivity contribution in [3.8, 4) is 5.75 Å². The van der Waals surface area contributed by atoms with Gasteiger partial charge in [0, 0.05) is 17.3 Å². The summed E-state index contributed by atoms with van der Waals surface area (Å²) in [6.07, 6.45) is 1.77. The quantitative estimate of drug-likeness (QED) is 0.376. The zero-order chi connectivity index (χ0) is 23.2. The lowest BCUT2D eigenvalue weighted by Crippen LogP contribution is -2.12. The van der Waals surface area contributed by atoms with Crippen LogP contribution in [0.15, 0.2) is 77.3 Å². The SMILES string of the molecule is COC(=O)c1ccc(OCc2ccc(C(=O)Nc3ccn(Cc4cccc(Cl)c4)n3)o2)cc1. The third-order valence-electron chi connectivity index (χ3n) is 4.66. The molecule has 4 rings (SSSR count). The van der Waals surface area contributed by atoms with Gasteiger partial charge in [-0.15, -0.1) is 0 Å². The topological polar surface area (TPSA) is 95.6 Å². The van der Waals surface area contributed by atoms with Crippen LogP contribution in [0.1, 0.15) is 32.2 Å². The van der Waals surface area contributed by atoms with Crippen LogP contribution in [-0.2, 0) is 17.9 Å². The Hall–Kier alpha value is -4.04. The zero-order valence-corrected chi connectivity index (χ0v) is 18.4. The summed E-state index contributed by atoms with van der Waals surface area (Å²) in [6, 6.07) is 18.9. The molecule has 0 saturated carbocycles. The highest BCUT2D eigenvalue weighted by Crippen LogP contribution is 2.17. The normalized spacial score (nSPS) is 10.6. The molecule has 1 N–H and O–H groups in total. The average molecular weight is 466 g/mol. The van der Waals surface area contributed by atoms with Crippen molar-refractivity contribution in [2.75, 3.05) is 12.4 Å². The molecule has 33 heavy (non-hydrogen) atoms. The molecule has 0 aliphatic rings. The van der Waals surface area contributed by atoms with E-state index < -0.39 is 11.9 Å². The van der Waals surface area contributed by atoms with Gasteiger partial charge in [0.15, 0.2) is 11.6 Å². The molecule has 0 radical (unpaired) electrons. The van der Waals surface area contributed by atoms with Crippen LogP contribution in [0, 0.1) is 0 Å². The van der Waals surface area contributed by atoms with Crippen molar-refractivity contribution in [2.45, 2.75) is 13.2 Å². The van der Waals surface area contributed by atoms with Crippen molar-refractivity contribution in [1.29, 1.82) is 0 Å². The van der Waals surface area contributed by atoms with Crippen LogP contribution in [0.2, 0.25) is 5.02 Å². The Morgan fingerprint density at radius 2 is 1.91 bits per heavy atom. The van der Waals surface area contributed by atoms with E-state index >= 15 is 0 Å². The molecule has 0 unspecified atom stereocenters. The standard InChI is InChI=1S/C24H20ClN3O5/c1-31-24(30)17-5-7-19(8-6-17)32-15-20-9-10-21(33-20)23(29)26-22-11-12-28(27-22)14-16-3-2-4-18(25)13-16/h2-13H,14-15H2,1H3,(H,26,27,29). The van der Waals surface area contributed by atoms with Crippen LogP contribution < -0.4 is 10.1 Å². The van der Waals surface area contributed by atoms with E-state index in [0.29, 0.717) is 34.5 Å². The van der Waals surface area contributed by atoms with E-state index in [1.165, 1.54) is 7.11 Å². The molecule has 8 nitrogen and oxygen atoms in total. The van der Waals surface area contributed by atoms with Crippen molar-refractivity contribution >= 4 is 29.3 Å². The van der Waals surface area contributed by atoms with E-state index in [0.717, 1.165) is 5.56 Å². The summed E-state index contributed by atoms with van der Waals surface area (Å²) in [6.45, 7) is 0.651. The smallest absolute Gasteiger partial charge is 0.337 e. The Morgan fingerprint density at radius 1 is 1.09 bits per heavy atom. The van der Waals surface area contributed by atoms with E-state index in [1.807, 2.05) is 24.3 Å². The van der Waals surface area contributed by atoms with Crippen molar-refractivity contribution in [3.05, 3.63) is 101 Å². The van der Waals surface area contributed by atoms with Gasteiger partial charge in [0.05, 0.1) is 19.2 Å². The van der Waals surface area contributed by atoms with Crippen molar-refractivity contribution < 1.29 is 23.5 Å². The molecule has 2 heterocycles. The number of benzene rings is 2. The lowest BCUT2D eigenvalue weighted by molar-refractivity contribution is 0.0600. The number of aromatic nitrogens is 2. The molecule has 0 aliphatic carbocycles. The number of carbonyl (C=O) groups excluding carboxylic acids is 2. The first-order chi connectivity index (χ1) is 16.0. The van der Waals surface area contributed by atoms with Gasteiger partial charge in [0.1, 0.15) is 18.1 Å². The first kappa shape index (κ1) is 22.2. The molecule has 0 bridgehead atoms. The Balaban J connectivity index is 1.31. The van der Waals surface area contributed by atoms with Gasteiger partial charge in [-0.2, -0.15) is 5.10 Å². The zero-order valence-electron chi connectivity index (χ0n) is 17.7. The van der Waals surface area contributed by atoms with Gasteiger partial charge in [-0.05, 0) is 54.1 Å². The van der Waals surface area contributed by atoms with Crippen LogP contribution in [0.4, 0.5) is 5.82 Å². The number of amides is 1. The Kier molecular flexibility index (Phi) is 6.75. The second-order valence-corrected chi connectivity index (χ2v) is 7.49. The fraction of sp³-hybridized carbons (Fsp3) is 0.125. The Morgan fingerprint density at radius 3 is 2.67 bits per heavy atom. The number of carbonyl (C=O) groups is 2. The summed E-state index contributed by atoms with van der Waals surface area (Å²) in [5.41, 5.74) is 1.43. The fourth-order valence-electron chi connectivity index (χ4n) is 3.05. The highest BCUT2D eigenvalue weighted by molar-refractivity contribution is 6.30. The number of furan rings is 1. The summed E-state index contributed by atoms with van der Waals surface area (Å²) < 4.78 is 17.6. The monoisotopic (exact) mass is 465 g/mol. The molecule has 0 fully saturated rings. The fourth-order valence-corrected chi connectivity index (χ4v) is 3.27. The molecule has 9 heteroatoms. The number of nitrogens with one attached hydrogen (secondary N) is 1. The summed E-state index contributed by atoms with van der Waals surface area (Å²) in [7, 11) is 1.32. The summed E-state index contributed by atoms with van der Waals surface area (Å²) in [5, 5.41) is 7.72. The Bertz CT molecular complexity index is 1260. The van der Waals surface area contributed by atoms with E-state index in [1.54, 1.807) is 53.3 Å². The van der Waals surface area contributed by atoms with E-state index in [4.69, 9.17) is 20.8 Å². The van der Waals surface area contributed by atoms with E-state index in [-0.39, 0.29) is 12.4 Å². The molecule has 0 saturated heterocycles. The van der Waals surface area contributed by atoms with Crippen LogP contribution >= 0.6 is 11.6 Å². The number of esters is 1. The minimum Gasteiger partial charge on any atom is -0.486 e. The van der Waals surface area contributed by atoms with Crippen LogP contribution in [-0.4, -0.2) is 28.8 Å². The molecule has 4 aromatic rings. The first-order valence-electron chi connectivity index (χ1n) is 9.99. The summed E-state index contributed by atoms with van der Waals surface area (Å²) >= 11 is 6.01. The molecular weight excluding hydrogens is 446 g/mol. The molecule has 168 valence electrons. The number of methoxy groups -OCH3 is 1. The van der Waals surface area contributed by atoms with Gasteiger partial charge in [-0.1, -0.05) is 23.7 Å². The second kappa shape index (κ2) is 10.1. The molecule has 0 atom stereocenters. The molecule has 0 aliphatic heterocycles. The van der Waals surface area contributed by atoms with Gasteiger partial charge >= 0.3 is 5.97 Å². The highest BCUT2D eigenvalue weighted by Gasteiger charge is 2.14. The third kappa shape index (κ3) is 5.81. The maximum Gasteiger partial charge on any atom is 0.337 e. The van der Waals surface area contributed by atoms with Gasteiger partial charge in [-0.3, -0.25) is 9.48 Å². The van der Waals surface area contributed by atoms with Gasteiger partial charge in [-0.25, -0.2) is 4.79 Å². The predicted octanol–water partition coefficient (Wildman–Crippen LogP) is 4.80. The maximum atomic E-state index is 12.5. The number of hydrogen-bond donors (Lipinski definition) is 1. The van der Waals surface area contributed by atoms with E-state index in [9.17, 15) is 9.59 Å². The largest absolute Gasteiger partial charge is 0.486 e. The minimum absolute atomic E-state index is 0.124. The first-order valence-corrected chi connectivity index (χ1v) is 10.4. The van der Waals surface area contributed by atoms with Gasteiger partial charge in [0.2, 0.25) is 0 Å². The highest BCUT2D eigenvalue weighted by atomic mass is 35.5. The summed E-state index contributed by atoms with van der Waals surface area (Å²) in [5.74, 6) is 0.731. The van der Waals surface area contributed by atoms with E-state index in [2.05, 4.69) is 15.2 Å². The third-order valence-corrected chi connectivity index (χ3v) is 4.89. The predicted molar refractivity (Wildman–Crippen MR) is 122 cm³/mol. The molecule has 0 spiro atoms. The summed E-state index contributed by atoms with van der Waals surface area (Å²) in [4.78, 5) is 24.0. The van der Waals surface area contributed by atoms with Crippen LogP contribution in [0.3, 0.4) is 0 Å². The molecule has 2 aromatic heterocycles. The van der Waals surface area contributed by atoms with Crippen molar-refractivity contribution in [2.24, 2.45) is 0 Å². The lowest BCUT2D eigenvalue weighted by atomic mass is 10.2. The molecular formula is C24H20ClN3O5. The maximum absolute atomic E-state index is 12.5. The van der Waals surface area contributed by atoms with Gasteiger partial charge < -0.3 is 19.2 Å².